The quantitative estimate of drug-likeness (QED) is 0.613. The van der Waals surface area contributed by atoms with E-state index in [0.29, 0.717) is 19.3 Å². The van der Waals surface area contributed by atoms with Crippen molar-refractivity contribution in [3.8, 4) is 11.5 Å². The first-order valence-electron chi connectivity index (χ1n) is 11.0. The zero-order valence-electron chi connectivity index (χ0n) is 17.5. The summed E-state index contributed by atoms with van der Waals surface area (Å²) in [5, 5.41) is 4.61. The van der Waals surface area contributed by atoms with Crippen molar-refractivity contribution in [2.75, 3.05) is 32.8 Å². The Balaban J connectivity index is 1.10. The molecule has 2 aliphatic heterocycles. The number of nitrogens with one attached hydrogen (secondary N) is 1. The minimum absolute atomic E-state index is 0.292. The van der Waals surface area contributed by atoms with Gasteiger partial charge in [0.1, 0.15) is 18.8 Å². The molecule has 0 saturated carbocycles. The van der Waals surface area contributed by atoms with Crippen molar-refractivity contribution >= 4 is 11.0 Å². The molecule has 7 nitrogen and oxygen atoms in total. The standard InChI is InChI=1S/C24H27N3O4/c28-23-5-4-17-2-1-3-18(24(17)31-23)6-9-27-10-7-19(8-11-27)25-15-20-14-21-22(16-26-20)30-13-12-29-21/h1-5,14,16,19,25H,6-13,15H2. The Morgan fingerprint density at radius 1 is 1.06 bits per heavy atom. The summed E-state index contributed by atoms with van der Waals surface area (Å²) in [4.78, 5) is 18.6. The molecule has 0 amide bonds. The van der Waals surface area contributed by atoms with Gasteiger partial charge < -0.3 is 24.1 Å². The molecule has 0 unspecified atom stereocenters. The molecule has 2 aromatic heterocycles. The second kappa shape index (κ2) is 9.08. The van der Waals surface area contributed by atoms with Crippen LogP contribution in [0.5, 0.6) is 11.5 Å². The van der Waals surface area contributed by atoms with Crippen molar-refractivity contribution in [1.29, 1.82) is 0 Å². The zero-order valence-corrected chi connectivity index (χ0v) is 17.5. The third-order valence-corrected chi connectivity index (χ3v) is 6.07. The predicted molar refractivity (Wildman–Crippen MR) is 118 cm³/mol. The molecule has 5 rings (SSSR count). The SMILES string of the molecule is O=c1ccc2cccc(CCN3CCC(NCc4cc5c(cn4)OCCO5)CC3)c2o1. The van der Waals surface area contributed by atoms with Crippen molar-refractivity contribution in [3.05, 3.63) is 64.3 Å². The van der Waals surface area contributed by atoms with Gasteiger partial charge in [0.2, 0.25) is 0 Å². The number of fused-ring (bicyclic) bond motifs is 2. The van der Waals surface area contributed by atoms with E-state index in [1.807, 2.05) is 24.3 Å². The number of ether oxygens (including phenoxy) is 2. The molecule has 31 heavy (non-hydrogen) atoms. The molecular weight excluding hydrogens is 394 g/mol. The van der Waals surface area contributed by atoms with Gasteiger partial charge in [0, 0.05) is 36.7 Å². The van der Waals surface area contributed by atoms with Crippen molar-refractivity contribution in [1.82, 2.24) is 15.2 Å². The highest BCUT2D eigenvalue weighted by Crippen LogP contribution is 2.29. The number of hydrogen-bond acceptors (Lipinski definition) is 7. The Morgan fingerprint density at radius 3 is 2.77 bits per heavy atom. The molecule has 3 aromatic rings. The fourth-order valence-electron chi connectivity index (χ4n) is 4.32. The lowest BCUT2D eigenvalue weighted by molar-refractivity contribution is 0.170. The summed E-state index contributed by atoms with van der Waals surface area (Å²) in [6.45, 7) is 4.99. The molecule has 0 aliphatic carbocycles. The molecule has 7 heteroatoms. The molecule has 2 aliphatic rings. The van der Waals surface area contributed by atoms with Crippen molar-refractivity contribution in [2.45, 2.75) is 31.8 Å². The first-order chi connectivity index (χ1) is 15.2. The molecule has 0 bridgehead atoms. The van der Waals surface area contributed by atoms with Gasteiger partial charge in [-0.15, -0.1) is 0 Å². The maximum atomic E-state index is 11.6. The third-order valence-electron chi connectivity index (χ3n) is 6.07. The van der Waals surface area contributed by atoms with Crippen LogP contribution < -0.4 is 20.4 Å². The first kappa shape index (κ1) is 20.0. The summed E-state index contributed by atoms with van der Waals surface area (Å²) < 4.78 is 16.6. The molecular formula is C24H27N3O4. The largest absolute Gasteiger partial charge is 0.486 e. The van der Waals surface area contributed by atoms with E-state index in [1.54, 1.807) is 6.20 Å². The van der Waals surface area contributed by atoms with Crippen LogP contribution in [0.15, 0.2) is 51.8 Å². The summed E-state index contributed by atoms with van der Waals surface area (Å²) in [7, 11) is 0. The Bertz CT molecular complexity index is 1110. The first-order valence-corrected chi connectivity index (χ1v) is 11.0. The van der Waals surface area contributed by atoms with E-state index in [9.17, 15) is 4.79 Å². The number of hydrogen-bond donors (Lipinski definition) is 1. The van der Waals surface area contributed by atoms with Crippen LogP contribution in [-0.2, 0) is 13.0 Å². The number of benzene rings is 1. The number of pyridine rings is 1. The monoisotopic (exact) mass is 421 g/mol. The molecule has 1 N–H and O–H groups in total. The van der Waals surface area contributed by atoms with Gasteiger partial charge in [0.05, 0.1) is 11.9 Å². The molecule has 1 fully saturated rings. The van der Waals surface area contributed by atoms with Crippen molar-refractivity contribution in [2.24, 2.45) is 0 Å². The Kier molecular flexibility index (Phi) is 5.86. The summed E-state index contributed by atoms with van der Waals surface area (Å²) in [6, 6.07) is 11.8. The smallest absolute Gasteiger partial charge is 0.336 e. The van der Waals surface area contributed by atoms with Crippen LogP contribution in [0, 0.1) is 0 Å². The van der Waals surface area contributed by atoms with E-state index in [-0.39, 0.29) is 5.63 Å². The number of piperidine rings is 1. The second-order valence-corrected chi connectivity index (χ2v) is 8.16. The number of likely N-dealkylation sites (tertiary alicyclic amines) is 1. The Labute approximate surface area is 181 Å². The Hall–Kier alpha value is -2.90. The van der Waals surface area contributed by atoms with Crippen molar-refractivity contribution in [3.63, 3.8) is 0 Å². The van der Waals surface area contributed by atoms with Crippen molar-refractivity contribution < 1.29 is 13.9 Å². The fraction of sp³-hybridized carbons (Fsp3) is 0.417. The number of rotatable bonds is 6. The molecule has 4 heterocycles. The van der Waals surface area contributed by atoms with Crippen LogP contribution in [0.1, 0.15) is 24.1 Å². The van der Waals surface area contributed by atoms with Gasteiger partial charge in [-0.25, -0.2) is 4.79 Å². The lowest BCUT2D eigenvalue weighted by atomic mass is 10.0. The lowest BCUT2D eigenvalue weighted by Gasteiger charge is -2.32. The third kappa shape index (κ3) is 4.73. The van der Waals surface area contributed by atoms with E-state index < -0.39 is 0 Å². The molecule has 1 saturated heterocycles. The maximum absolute atomic E-state index is 11.6. The van der Waals surface area contributed by atoms with E-state index in [2.05, 4.69) is 21.3 Å². The lowest BCUT2D eigenvalue weighted by Crippen LogP contribution is -2.42. The molecule has 162 valence electrons. The van der Waals surface area contributed by atoms with Crippen LogP contribution in [0.4, 0.5) is 0 Å². The zero-order chi connectivity index (χ0) is 21.0. The molecule has 0 atom stereocenters. The average Bonchev–Trinajstić information content (AvgIpc) is 2.82. The number of aromatic nitrogens is 1. The minimum Gasteiger partial charge on any atom is -0.486 e. The summed E-state index contributed by atoms with van der Waals surface area (Å²) in [5.41, 5.74) is 2.50. The maximum Gasteiger partial charge on any atom is 0.336 e. The highest BCUT2D eigenvalue weighted by atomic mass is 16.6. The highest BCUT2D eigenvalue weighted by Gasteiger charge is 2.20. The van der Waals surface area contributed by atoms with Gasteiger partial charge in [0.15, 0.2) is 11.5 Å². The van der Waals surface area contributed by atoms with Crippen LogP contribution in [0.3, 0.4) is 0 Å². The number of para-hydroxylation sites is 1. The molecule has 1 aromatic carbocycles. The van der Waals surface area contributed by atoms with Crippen LogP contribution >= 0.6 is 0 Å². The van der Waals surface area contributed by atoms with E-state index in [1.165, 1.54) is 6.07 Å². The topological polar surface area (TPSA) is 76.8 Å². The Morgan fingerprint density at radius 2 is 1.90 bits per heavy atom. The van der Waals surface area contributed by atoms with Gasteiger partial charge in [-0.1, -0.05) is 18.2 Å². The molecule has 0 radical (unpaired) electrons. The van der Waals surface area contributed by atoms with Gasteiger partial charge >= 0.3 is 5.63 Å². The minimum atomic E-state index is -0.292. The van der Waals surface area contributed by atoms with E-state index in [0.717, 1.165) is 79.2 Å². The fourth-order valence-corrected chi connectivity index (χ4v) is 4.32. The van der Waals surface area contributed by atoms with Crippen LogP contribution in [0.2, 0.25) is 0 Å². The second-order valence-electron chi connectivity index (χ2n) is 8.16. The van der Waals surface area contributed by atoms with Crippen LogP contribution in [0.25, 0.3) is 11.0 Å². The highest BCUT2D eigenvalue weighted by molar-refractivity contribution is 5.79. The van der Waals surface area contributed by atoms with Gasteiger partial charge in [-0.05, 0) is 44.0 Å². The average molecular weight is 421 g/mol. The van der Waals surface area contributed by atoms with Gasteiger partial charge in [-0.2, -0.15) is 0 Å². The van der Waals surface area contributed by atoms with Gasteiger partial charge in [0.25, 0.3) is 0 Å². The van der Waals surface area contributed by atoms with E-state index >= 15 is 0 Å². The van der Waals surface area contributed by atoms with Gasteiger partial charge in [-0.3, -0.25) is 4.98 Å². The predicted octanol–water partition coefficient (Wildman–Crippen LogP) is 2.76. The van der Waals surface area contributed by atoms with E-state index in [4.69, 9.17) is 13.9 Å². The van der Waals surface area contributed by atoms with Crippen LogP contribution in [-0.4, -0.2) is 48.8 Å². The normalized spacial score (nSPS) is 17.2. The number of nitrogens with zero attached hydrogens (tertiary/aromatic N) is 2. The summed E-state index contributed by atoms with van der Waals surface area (Å²) in [6.07, 6.45) is 4.84. The summed E-state index contributed by atoms with van der Waals surface area (Å²) >= 11 is 0. The summed E-state index contributed by atoms with van der Waals surface area (Å²) in [5.74, 6) is 1.52. The molecule has 0 spiro atoms.